The molecule has 1 aromatic heterocycles. The highest BCUT2D eigenvalue weighted by Crippen LogP contribution is 2.58. The molecule has 0 fully saturated rings. The van der Waals surface area contributed by atoms with Crippen LogP contribution in [0.1, 0.15) is 49.9 Å². The molecule has 0 saturated heterocycles. The van der Waals surface area contributed by atoms with Gasteiger partial charge in [-0.2, -0.15) is 0 Å². The summed E-state index contributed by atoms with van der Waals surface area (Å²) >= 11 is 0. The Morgan fingerprint density at radius 2 is 0.828 bits per heavy atom. The number of hydrogen-bond acceptors (Lipinski definition) is 3. The zero-order valence-electron chi connectivity index (χ0n) is 32.9. The summed E-state index contributed by atoms with van der Waals surface area (Å²) in [5, 5.41) is 7.86. The van der Waals surface area contributed by atoms with Gasteiger partial charge in [-0.1, -0.05) is 173 Å². The largest absolute Gasteiger partial charge is 0.208 e. The van der Waals surface area contributed by atoms with E-state index in [1.54, 1.807) is 0 Å². The molecular formula is C55H39N3. The summed E-state index contributed by atoms with van der Waals surface area (Å²) in [5.74, 6) is 1.98. The van der Waals surface area contributed by atoms with Crippen LogP contribution < -0.4 is 0 Å². The second-order valence-corrected chi connectivity index (χ2v) is 17.2. The second-order valence-electron chi connectivity index (χ2n) is 17.2. The third-order valence-electron chi connectivity index (χ3n) is 13.3. The Balaban J connectivity index is 1.00. The van der Waals surface area contributed by atoms with E-state index in [0.29, 0.717) is 17.5 Å². The van der Waals surface area contributed by atoms with E-state index in [1.807, 2.05) is 60.7 Å². The molecule has 58 heavy (non-hydrogen) atoms. The number of nitrogens with zero attached hydrogens (tertiary/aromatic N) is 3. The fourth-order valence-corrected chi connectivity index (χ4v) is 10.3. The molecule has 3 heteroatoms. The van der Waals surface area contributed by atoms with Crippen molar-refractivity contribution in [2.45, 2.75) is 38.5 Å². The molecule has 2 aliphatic rings. The maximum atomic E-state index is 4.98. The van der Waals surface area contributed by atoms with Crippen LogP contribution >= 0.6 is 0 Å². The number of rotatable bonds is 4. The third-order valence-corrected chi connectivity index (χ3v) is 13.3. The predicted octanol–water partition coefficient (Wildman–Crippen LogP) is 14.0. The van der Waals surface area contributed by atoms with Gasteiger partial charge in [0.25, 0.3) is 0 Å². The summed E-state index contributed by atoms with van der Waals surface area (Å²) in [6.45, 7) is 9.60. The van der Waals surface area contributed by atoms with Crippen LogP contribution in [0.4, 0.5) is 0 Å². The smallest absolute Gasteiger partial charge is 0.164 e. The van der Waals surface area contributed by atoms with Crippen LogP contribution in [0.25, 0.3) is 99.9 Å². The van der Waals surface area contributed by atoms with E-state index in [9.17, 15) is 0 Å². The van der Waals surface area contributed by atoms with Crippen molar-refractivity contribution in [1.29, 1.82) is 0 Å². The normalized spacial score (nSPS) is 14.5. The lowest BCUT2D eigenvalue weighted by molar-refractivity contribution is 0.652. The van der Waals surface area contributed by atoms with E-state index in [0.717, 1.165) is 22.3 Å². The van der Waals surface area contributed by atoms with E-state index >= 15 is 0 Å². The summed E-state index contributed by atoms with van der Waals surface area (Å²) in [6, 6.07) is 59.6. The van der Waals surface area contributed by atoms with Gasteiger partial charge in [-0.25, -0.2) is 15.0 Å². The molecule has 0 spiro atoms. The molecule has 0 saturated carbocycles. The van der Waals surface area contributed by atoms with Gasteiger partial charge in [0.2, 0.25) is 0 Å². The first-order chi connectivity index (χ1) is 28.3. The van der Waals surface area contributed by atoms with Crippen molar-refractivity contribution in [2.75, 3.05) is 0 Å². The van der Waals surface area contributed by atoms with Crippen LogP contribution in [0, 0.1) is 0 Å². The maximum absolute atomic E-state index is 4.98. The van der Waals surface area contributed by atoms with Crippen molar-refractivity contribution in [2.24, 2.45) is 0 Å². The van der Waals surface area contributed by atoms with Crippen LogP contribution in [0.2, 0.25) is 0 Å². The topological polar surface area (TPSA) is 38.7 Å². The Hall–Kier alpha value is -6.97. The van der Waals surface area contributed by atoms with Gasteiger partial charge in [0.1, 0.15) is 0 Å². The molecule has 9 aromatic carbocycles. The standard InChI is InChI=1S/C55H39N3/c1-54(2)44-18-12-11-17-39(44)42-30-46-43(31-45(42)54)50-41-28-24-33-23-26-38(40-27-25-37(49(41)48(33)40)29-47(50)55(46,3)4)32-19-21-36(22-20-32)53-57-51(34-13-7-5-8-14-34)56-52(58-53)35-15-9-6-10-16-35/h5-31H,1-4H3. The fourth-order valence-electron chi connectivity index (χ4n) is 10.3. The zero-order valence-corrected chi connectivity index (χ0v) is 32.9. The first-order valence-electron chi connectivity index (χ1n) is 20.3. The summed E-state index contributed by atoms with van der Waals surface area (Å²) in [6.07, 6.45) is 0. The quantitative estimate of drug-likeness (QED) is 0.169. The van der Waals surface area contributed by atoms with E-state index in [-0.39, 0.29) is 10.8 Å². The minimum absolute atomic E-state index is 0.0556. The summed E-state index contributed by atoms with van der Waals surface area (Å²) in [5.41, 5.74) is 16.3. The molecule has 0 unspecified atom stereocenters. The molecule has 274 valence electrons. The van der Waals surface area contributed by atoms with Gasteiger partial charge in [0, 0.05) is 27.5 Å². The molecule has 0 bridgehead atoms. The van der Waals surface area contributed by atoms with E-state index in [1.165, 1.54) is 82.4 Å². The van der Waals surface area contributed by atoms with Crippen LogP contribution in [0.15, 0.2) is 164 Å². The average molecular weight is 742 g/mol. The van der Waals surface area contributed by atoms with Crippen molar-refractivity contribution < 1.29 is 0 Å². The van der Waals surface area contributed by atoms with Gasteiger partial charge in [0.05, 0.1) is 0 Å². The van der Waals surface area contributed by atoms with Crippen LogP contribution in [0.3, 0.4) is 0 Å². The van der Waals surface area contributed by atoms with E-state index in [2.05, 4.69) is 131 Å². The first kappa shape index (κ1) is 33.2. The van der Waals surface area contributed by atoms with Gasteiger partial charge in [-0.15, -0.1) is 0 Å². The Kier molecular flexibility index (Phi) is 6.74. The molecule has 10 aromatic rings. The number of benzene rings is 9. The van der Waals surface area contributed by atoms with Crippen molar-refractivity contribution in [1.82, 2.24) is 15.0 Å². The third kappa shape index (κ3) is 4.59. The van der Waals surface area contributed by atoms with Gasteiger partial charge in [-0.3, -0.25) is 0 Å². The lowest BCUT2D eigenvalue weighted by Crippen LogP contribution is -2.17. The number of fused-ring (bicyclic) bond motifs is 7. The molecule has 3 nitrogen and oxygen atoms in total. The van der Waals surface area contributed by atoms with Crippen LogP contribution in [-0.4, -0.2) is 15.0 Å². The number of aromatic nitrogens is 3. The minimum Gasteiger partial charge on any atom is -0.208 e. The molecular weight excluding hydrogens is 703 g/mol. The lowest BCUT2D eigenvalue weighted by atomic mass is 9.79. The Morgan fingerprint density at radius 1 is 0.328 bits per heavy atom. The molecule has 0 aliphatic heterocycles. The molecule has 0 radical (unpaired) electrons. The SMILES string of the molecule is CC1(C)c2ccccc2-c2cc3c(cc21)-c1c(cc2ccc4c(-c5ccc(-c6nc(-c7ccccc7)nc(-c7ccccc7)n6)cc5)ccc5ccc1c2c54)C3(C)C. The van der Waals surface area contributed by atoms with Crippen LogP contribution in [0.5, 0.6) is 0 Å². The maximum Gasteiger partial charge on any atom is 0.164 e. The summed E-state index contributed by atoms with van der Waals surface area (Å²) in [7, 11) is 0. The fraction of sp³-hybridized carbons (Fsp3) is 0.109. The average Bonchev–Trinajstić information content (AvgIpc) is 3.63. The minimum atomic E-state index is -0.124. The summed E-state index contributed by atoms with van der Waals surface area (Å²) < 4.78 is 0. The highest BCUT2D eigenvalue weighted by atomic mass is 15.0. The predicted molar refractivity (Wildman–Crippen MR) is 240 cm³/mol. The van der Waals surface area contributed by atoms with Gasteiger partial charge >= 0.3 is 0 Å². The monoisotopic (exact) mass is 741 g/mol. The Bertz CT molecular complexity index is 3250. The van der Waals surface area contributed by atoms with Crippen LogP contribution in [-0.2, 0) is 10.8 Å². The molecule has 12 rings (SSSR count). The lowest BCUT2D eigenvalue weighted by Gasteiger charge is -2.24. The van der Waals surface area contributed by atoms with Crippen molar-refractivity contribution in [3.63, 3.8) is 0 Å². The molecule has 0 amide bonds. The molecule has 0 N–H and O–H groups in total. The van der Waals surface area contributed by atoms with Gasteiger partial charge in [0.15, 0.2) is 17.5 Å². The molecule has 0 atom stereocenters. The second kappa shape index (κ2) is 11.8. The van der Waals surface area contributed by atoms with Gasteiger partial charge in [-0.05, 0) is 106 Å². The summed E-state index contributed by atoms with van der Waals surface area (Å²) in [4.78, 5) is 14.8. The molecule has 1 heterocycles. The van der Waals surface area contributed by atoms with E-state index in [4.69, 9.17) is 15.0 Å². The Labute approximate surface area is 338 Å². The van der Waals surface area contributed by atoms with E-state index < -0.39 is 0 Å². The van der Waals surface area contributed by atoms with Crippen molar-refractivity contribution in [3.8, 4) is 67.5 Å². The van der Waals surface area contributed by atoms with Crippen molar-refractivity contribution >= 4 is 32.3 Å². The Morgan fingerprint density at radius 3 is 1.52 bits per heavy atom. The highest BCUT2D eigenvalue weighted by Gasteiger charge is 2.42. The molecule has 2 aliphatic carbocycles. The zero-order chi connectivity index (χ0) is 38.9. The number of hydrogen-bond donors (Lipinski definition) is 0. The highest BCUT2D eigenvalue weighted by molar-refractivity contribution is 6.28. The van der Waals surface area contributed by atoms with Gasteiger partial charge < -0.3 is 0 Å². The van der Waals surface area contributed by atoms with Crippen molar-refractivity contribution in [3.05, 3.63) is 186 Å². The first-order valence-corrected chi connectivity index (χ1v) is 20.3.